The van der Waals surface area contributed by atoms with Crippen molar-refractivity contribution in [2.24, 2.45) is 0 Å². The first kappa shape index (κ1) is 28.5. The molecule has 1 aromatic carbocycles. The van der Waals surface area contributed by atoms with Gasteiger partial charge in [-0.2, -0.15) is 0 Å². The average Bonchev–Trinajstić information content (AvgIpc) is 3.16. The van der Waals surface area contributed by atoms with E-state index in [1.807, 2.05) is 0 Å². The summed E-state index contributed by atoms with van der Waals surface area (Å²) >= 11 is 0. The van der Waals surface area contributed by atoms with Crippen LogP contribution in [0, 0.1) is 5.82 Å². The fourth-order valence-corrected chi connectivity index (χ4v) is 6.53. The number of aliphatic hydroxyl groups is 2. The van der Waals surface area contributed by atoms with E-state index in [0.29, 0.717) is 18.4 Å². The van der Waals surface area contributed by atoms with Crippen molar-refractivity contribution in [3.63, 3.8) is 0 Å². The Hall–Kier alpha value is -2.05. The van der Waals surface area contributed by atoms with E-state index in [9.17, 15) is 32.9 Å². The maximum atomic E-state index is 13.9. The third-order valence-electron chi connectivity index (χ3n) is 7.05. The number of hydrogen-bond acceptors (Lipinski definition) is 7. The fourth-order valence-electron chi connectivity index (χ4n) is 4.95. The number of benzene rings is 1. The Bertz CT molecular complexity index is 1070. The topological polar surface area (TPSA) is 142 Å². The quantitative estimate of drug-likeness (QED) is 0.303. The number of anilines is 1. The van der Waals surface area contributed by atoms with Crippen LogP contribution in [0.2, 0.25) is 0 Å². The lowest BCUT2D eigenvalue weighted by Gasteiger charge is -2.34. The molecule has 1 aromatic rings. The van der Waals surface area contributed by atoms with E-state index in [2.05, 4.69) is 11.6 Å². The minimum Gasteiger partial charge on any atom is -0.478 e. The Morgan fingerprint density at radius 2 is 1.97 bits per heavy atom. The highest BCUT2D eigenvalue weighted by Crippen LogP contribution is 2.46. The number of nitrogens with one attached hydrogen (secondary N) is 1. The van der Waals surface area contributed by atoms with E-state index in [-0.39, 0.29) is 18.5 Å². The highest BCUT2D eigenvalue weighted by Gasteiger charge is 2.57. The standard InChI is InChI=1S/C25H36FNO8S/c1-3-5-6-7-8-17-13-18(26)9-10-20(17)27-36(32,33)21-11-12-25(14-19(21)23(30)31)34-22(15-28)24(4-2,16-29)35-25/h9-10,13-14,21-22,27-29H,3-8,11-12,15-16H2,1-2H3,(H,30,31)/t21?,22-,24-,25?/m0/s1. The molecule has 11 heteroatoms. The normalized spacial score (nSPS) is 28.3. The molecule has 4 atom stereocenters. The molecule has 9 nitrogen and oxygen atoms in total. The Labute approximate surface area is 211 Å². The van der Waals surface area contributed by atoms with Crippen LogP contribution < -0.4 is 4.72 Å². The molecule has 3 rings (SSSR count). The zero-order chi connectivity index (χ0) is 26.6. The van der Waals surface area contributed by atoms with Crippen molar-refractivity contribution in [2.75, 3.05) is 17.9 Å². The molecule has 202 valence electrons. The molecular weight excluding hydrogens is 493 g/mol. The van der Waals surface area contributed by atoms with Gasteiger partial charge in [0, 0.05) is 6.42 Å². The van der Waals surface area contributed by atoms with Crippen LogP contribution in [0.5, 0.6) is 0 Å². The Kier molecular flexibility index (Phi) is 9.16. The van der Waals surface area contributed by atoms with Gasteiger partial charge in [-0.3, -0.25) is 4.72 Å². The zero-order valence-corrected chi connectivity index (χ0v) is 21.5. The molecule has 1 aliphatic carbocycles. The van der Waals surface area contributed by atoms with Crippen LogP contribution in [0.4, 0.5) is 10.1 Å². The summed E-state index contributed by atoms with van der Waals surface area (Å²) in [6, 6.07) is 3.80. The van der Waals surface area contributed by atoms with Crippen molar-refractivity contribution in [3.8, 4) is 0 Å². The van der Waals surface area contributed by atoms with Gasteiger partial charge in [-0.1, -0.05) is 33.1 Å². The van der Waals surface area contributed by atoms with Gasteiger partial charge in [0.1, 0.15) is 22.8 Å². The fraction of sp³-hybridized carbons (Fsp3) is 0.640. The molecule has 0 bridgehead atoms. The van der Waals surface area contributed by atoms with Crippen molar-refractivity contribution in [1.82, 2.24) is 0 Å². The molecule has 0 aromatic heterocycles. The zero-order valence-electron chi connectivity index (χ0n) is 20.7. The lowest BCUT2D eigenvalue weighted by Crippen LogP contribution is -2.46. The van der Waals surface area contributed by atoms with Gasteiger partial charge in [0.25, 0.3) is 0 Å². The van der Waals surface area contributed by atoms with E-state index < -0.39 is 63.3 Å². The molecule has 1 spiro atoms. The molecule has 1 heterocycles. The lowest BCUT2D eigenvalue weighted by molar-refractivity contribution is -0.171. The van der Waals surface area contributed by atoms with E-state index >= 15 is 0 Å². The lowest BCUT2D eigenvalue weighted by atomic mass is 9.93. The number of carboxylic acid groups (broad SMARTS) is 1. The van der Waals surface area contributed by atoms with E-state index in [4.69, 9.17) is 9.47 Å². The molecule has 1 aliphatic heterocycles. The average molecular weight is 530 g/mol. The summed E-state index contributed by atoms with van der Waals surface area (Å²) in [5.41, 5.74) is -0.940. The van der Waals surface area contributed by atoms with Gasteiger partial charge in [-0.05, 0) is 55.5 Å². The third kappa shape index (κ3) is 5.91. The van der Waals surface area contributed by atoms with Gasteiger partial charge >= 0.3 is 5.97 Å². The Morgan fingerprint density at radius 3 is 2.56 bits per heavy atom. The van der Waals surface area contributed by atoms with Gasteiger partial charge in [0.2, 0.25) is 10.0 Å². The van der Waals surface area contributed by atoms with Crippen LogP contribution >= 0.6 is 0 Å². The summed E-state index contributed by atoms with van der Waals surface area (Å²) in [5.74, 6) is -3.51. The summed E-state index contributed by atoms with van der Waals surface area (Å²) in [4.78, 5) is 12.1. The number of carboxylic acids is 1. The van der Waals surface area contributed by atoms with Crippen LogP contribution in [0.3, 0.4) is 0 Å². The van der Waals surface area contributed by atoms with Crippen molar-refractivity contribution >= 4 is 21.7 Å². The molecule has 0 amide bonds. The number of unbranched alkanes of at least 4 members (excludes halogenated alkanes) is 3. The summed E-state index contributed by atoms with van der Waals surface area (Å²) in [6.07, 6.45) is 4.61. The van der Waals surface area contributed by atoms with E-state index in [1.54, 1.807) is 6.92 Å². The largest absolute Gasteiger partial charge is 0.478 e. The van der Waals surface area contributed by atoms with Crippen LogP contribution in [0.25, 0.3) is 0 Å². The van der Waals surface area contributed by atoms with Crippen molar-refractivity contribution in [2.45, 2.75) is 88.0 Å². The molecule has 1 fully saturated rings. The number of hydrogen-bond donors (Lipinski definition) is 4. The van der Waals surface area contributed by atoms with Gasteiger partial charge in [0.15, 0.2) is 5.79 Å². The minimum absolute atomic E-state index is 0.000892. The Balaban J connectivity index is 1.89. The van der Waals surface area contributed by atoms with Gasteiger partial charge in [-0.25, -0.2) is 17.6 Å². The second kappa shape index (κ2) is 11.6. The highest BCUT2D eigenvalue weighted by molar-refractivity contribution is 7.93. The number of aryl methyl sites for hydroxylation is 1. The number of rotatable bonds is 12. The van der Waals surface area contributed by atoms with Crippen LogP contribution in [0.1, 0.15) is 64.4 Å². The first-order valence-electron chi connectivity index (χ1n) is 12.4. The molecular formula is C25H36FNO8S. The molecule has 0 radical (unpaired) electrons. The SMILES string of the molecule is CCCCCCc1cc(F)ccc1NS(=O)(=O)C1CCC2(C=C1C(=O)O)O[C@@H](CO)[C@](CC)(CO)O2. The second-order valence-electron chi connectivity index (χ2n) is 9.47. The Morgan fingerprint density at radius 1 is 1.22 bits per heavy atom. The number of aliphatic carboxylic acids is 1. The van der Waals surface area contributed by atoms with Crippen LogP contribution in [-0.4, -0.2) is 65.7 Å². The molecule has 36 heavy (non-hydrogen) atoms. The number of halogens is 1. The minimum atomic E-state index is -4.24. The third-order valence-corrected chi connectivity index (χ3v) is 8.80. The highest BCUT2D eigenvalue weighted by atomic mass is 32.2. The number of carbonyl (C=O) groups is 1. The van der Waals surface area contributed by atoms with E-state index in [1.165, 1.54) is 12.1 Å². The monoisotopic (exact) mass is 529 g/mol. The molecule has 1 saturated heterocycles. The van der Waals surface area contributed by atoms with Crippen LogP contribution in [0.15, 0.2) is 29.8 Å². The van der Waals surface area contributed by atoms with Crippen molar-refractivity contribution < 1.29 is 42.4 Å². The van der Waals surface area contributed by atoms with E-state index in [0.717, 1.165) is 37.8 Å². The molecule has 0 saturated carbocycles. The summed E-state index contributed by atoms with van der Waals surface area (Å²) in [6.45, 7) is 2.90. The first-order chi connectivity index (χ1) is 17.0. The maximum Gasteiger partial charge on any atom is 0.332 e. The first-order valence-corrected chi connectivity index (χ1v) is 14.0. The summed E-state index contributed by atoms with van der Waals surface area (Å²) in [7, 11) is -4.24. The predicted octanol–water partition coefficient (Wildman–Crippen LogP) is 3.11. The van der Waals surface area contributed by atoms with Crippen LogP contribution in [-0.2, 0) is 30.7 Å². The van der Waals surface area contributed by atoms with Gasteiger partial charge in [-0.15, -0.1) is 0 Å². The summed E-state index contributed by atoms with van der Waals surface area (Å²) in [5, 5.41) is 28.1. The molecule has 2 unspecified atom stereocenters. The number of sulfonamides is 1. The van der Waals surface area contributed by atoms with Crippen molar-refractivity contribution in [1.29, 1.82) is 0 Å². The predicted molar refractivity (Wildman–Crippen MR) is 131 cm³/mol. The number of aliphatic hydroxyl groups excluding tert-OH is 2. The second-order valence-corrected chi connectivity index (χ2v) is 11.3. The number of ether oxygens (including phenoxy) is 2. The molecule has 4 N–H and O–H groups in total. The van der Waals surface area contributed by atoms with Gasteiger partial charge < -0.3 is 24.8 Å². The molecule has 2 aliphatic rings. The summed E-state index contributed by atoms with van der Waals surface area (Å²) < 4.78 is 55.0. The van der Waals surface area contributed by atoms with Gasteiger partial charge in [0.05, 0.1) is 24.5 Å². The maximum absolute atomic E-state index is 13.9. The smallest absolute Gasteiger partial charge is 0.332 e. The van der Waals surface area contributed by atoms with Crippen molar-refractivity contribution in [3.05, 3.63) is 41.2 Å².